The van der Waals surface area contributed by atoms with E-state index in [4.69, 9.17) is 28.8 Å². The minimum Gasteiger partial charge on any atom is -0.481 e. The molecule has 7 aliphatic rings. The lowest BCUT2D eigenvalue weighted by atomic mass is 9.41. The van der Waals surface area contributed by atoms with Crippen molar-refractivity contribution in [2.75, 3.05) is 6.61 Å². The van der Waals surface area contributed by atoms with Gasteiger partial charge in [0.05, 0.1) is 18.3 Å². The number of aliphatic carboxylic acids is 1. The van der Waals surface area contributed by atoms with E-state index in [1.807, 2.05) is 13.8 Å². The second kappa shape index (κ2) is 12.7. The predicted octanol–water partition coefficient (Wildman–Crippen LogP) is 3.56. The average molecular weight is 749 g/mol. The van der Waals surface area contributed by atoms with Crippen LogP contribution in [0, 0.1) is 50.7 Å². The first-order chi connectivity index (χ1) is 24.6. The Hall–Kier alpha value is -2.16. The Balaban J connectivity index is 1.10. The SMILES string of the molecule is CC(=O)O[C@H](C[C@@H](C)[C@H]1C(=O)[C@H](O)[C@@]2(C)[C@H]3CC[C@H]4C(C)(C)[C@@H](O[C@@H]5OC[C@@H](O)[C@H](O)[C@H]5OC(=O)CC(=O)O)CC[C@@]45C[C@@]35CC[C@]12C)[C@@H]1OC1(C)C. The van der Waals surface area contributed by atoms with Gasteiger partial charge < -0.3 is 44.1 Å². The minimum absolute atomic E-state index is 0.0158. The molecule has 0 aromatic heterocycles. The molecule has 13 nitrogen and oxygen atoms in total. The van der Waals surface area contributed by atoms with Crippen LogP contribution >= 0.6 is 0 Å². The van der Waals surface area contributed by atoms with Crippen molar-refractivity contribution in [3.05, 3.63) is 0 Å². The van der Waals surface area contributed by atoms with Crippen LogP contribution < -0.4 is 0 Å². The molecule has 2 aliphatic heterocycles. The lowest BCUT2D eigenvalue weighted by molar-refractivity contribution is -0.305. The molecule has 0 amide bonds. The number of esters is 2. The average Bonchev–Trinajstić information content (AvgIpc) is 3.91. The van der Waals surface area contributed by atoms with Gasteiger partial charge in [0.25, 0.3) is 0 Å². The number of rotatable bonds is 10. The molecule has 53 heavy (non-hydrogen) atoms. The lowest BCUT2D eigenvalue weighted by Gasteiger charge is -2.63. The maximum absolute atomic E-state index is 14.3. The highest BCUT2D eigenvalue weighted by Crippen LogP contribution is 2.89. The quantitative estimate of drug-likeness (QED) is 0.110. The molecular weight excluding hydrogens is 688 g/mol. The Morgan fingerprint density at radius 2 is 1.58 bits per heavy atom. The van der Waals surface area contributed by atoms with Crippen LogP contribution in [0.4, 0.5) is 0 Å². The third-order valence-electron chi connectivity index (χ3n) is 16.2. The fourth-order valence-electron chi connectivity index (χ4n) is 13.6. The van der Waals surface area contributed by atoms with Crippen molar-refractivity contribution in [3.8, 4) is 0 Å². The number of Topliss-reactive ketones (excluding diaryl/α,β-unsaturated/α-hetero) is 1. The van der Waals surface area contributed by atoms with Crippen LogP contribution in [0.3, 0.4) is 0 Å². The maximum atomic E-state index is 14.3. The van der Waals surface area contributed by atoms with Crippen LogP contribution in [0.25, 0.3) is 0 Å². The molecule has 2 spiro atoms. The van der Waals surface area contributed by atoms with Gasteiger partial charge in [0.2, 0.25) is 0 Å². The van der Waals surface area contributed by atoms with E-state index in [1.54, 1.807) is 0 Å². The van der Waals surface area contributed by atoms with Crippen molar-refractivity contribution in [1.29, 1.82) is 0 Å². The van der Waals surface area contributed by atoms with E-state index >= 15 is 0 Å². The molecule has 0 aromatic rings. The van der Waals surface area contributed by atoms with Crippen LogP contribution in [0.2, 0.25) is 0 Å². The summed E-state index contributed by atoms with van der Waals surface area (Å²) < 4.78 is 29.3. The topological polar surface area (TPSA) is 199 Å². The summed E-state index contributed by atoms with van der Waals surface area (Å²) in [5.41, 5.74) is -1.83. The van der Waals surface area contributed by atoms with E-state index < -0.39 is 71.6 Å². The van der Waals surface area contributed by atoms with Gasteiger partial charge in [-0.3, -0.25) is 19.2 Å². The van der Waals surface area contributed by atoms with Crippen LogP contribution in [-0.2, 0) is 42.9 Å². The van der Waals surface area contributed by atoms with Crippen molar-refractivity contribution in [1.82, 2.24) is 0 Å². The Bertz CT molecular complexity index is 1530. The Kier molecular flexibility index (Phi) is 9.35. The second-order valence-corrected chi connectivity index (χ2v) is 19.4. The van der Waals surface area contributed by atoms with Gasteiger partial charge in [-0.15, -0.1) is 0 Å². The number of carboxylic acids is 1. The normalized spacial score (nSPS) is 48.5. The highest BCUT2D eigenvalue weighted by atomic mass is 16.7. The Morgan fingerprint density at radius 3 is 2.21 bits per heavy atom. The smallest absolute Gasteiger partial charge is 0.317 e. The molecule has 0 aromatic carbocycles. The highest BCUT2D eigenvalue weighted by molar-refractivity contribution is 5.91. The van der Waals surface area contributed by atoms with Crippen molar-refractivity contribution < 1.29 is 63.3 Å². The van der Waals surface area contributed by atoms with Gasteiger partial charge in [0, 0.05) is 18.3 Å². The monoisotopic (exact) mass is 748 g/mol. The summed E-state index contributed by atoms with van der Waals surface area (Å²) in [6.07, 6.45) is -1.80. The predicted molar refractivity (Wildman–Crippen MR) is 186 cm³/mol. The van der Waals surface area contributed by atoms with Gasteiger partial charge in [0.1, 0.15) is 36.9 Å². The molecule has 2 heterocycles. The summed E-state index contributed by atoms with van der Waals surface area (Å²) in [5.74, 6) is -2.99. The summed E-state index contributed by atoms with van der Waals surface area (Å²) in [5, 5.41) is 42.2. The lowest BCUT2D eigenvalue weighted by Crippen LogP contribution is -2.61. The molecule has 5 saturated carbocycles. The van der Waals surface area contributed by atoms with E-state index in [1.165, 1.54) is 6.92 Å². The molecule has 0 radical (unpaired) electrons. The largest absolute Gasteiger partial charge is 0.481 e. The van der Waals surface area contributed by atoms with Crippen molar-refractivity contribution >= 4 is 23.7 Å². The summed E-state index contributed by atoms with van der Waals surface area (Å²) in [7, 11) is 0. The Labute approximate surface area is 311 Å². The maximum Gasteiger partial charge on any atom is 0.317 e. The molecule has 7 rings (SSSR count). The number of hydrogen-bond donors (Lipinski definition) is 4. The summed E-state index contributed by atoms with van der Waals surface area (Å²) in [6.45, 7) is 16.0. The number of carbonyl (C=O) groups is 4. The van der Waals surface area contributed by atoms with Gasteiger partial charge in [-0.05, 0) is 105 Å². The molecule has 7 fully saturated rings. The zero-order valence-electron chi connectivity index (χ0n) is 32.5. The van der Waals surface area contributed by atoms with Crippen molar-refractivity contribution in [3.63, 3.8) is 0 Å². The van der Waals surface area contributed by atoms with E-state index in [2.05, 4.69) is 34.6 Å². The zero-order chi connectivity index (χ0) is 38.8. The van der Waals surface area contributed by atoms with Crippen molar-refractivity contribution in [2.24, 2.45) is 50.7 Å². The number of carbonyl (C=O) groups excluding carboxylic acids is 3. The van der Waals surface area contributed by atoms with Crippen LogP contribution in [0.5, 0.6) is 0 Å². The van der Waals surface area contributed by atoms with Crippen LogP contribution in [-0.4, -0.2) is 105 Å². The number of ketones is 1. The van der Waals surface area contributed by atoms with E-state index in [0.717, 1.165) is 38.5 Å². The second-order valence-electron chi connectivity index (χ2n) is 19.4. The van der Waals surface area contributed by atoms with Crippen molar-refractivity contribution in [2.45, 2.75) is 168 Å². The van der Waals surface area contributed by atoms with Gasteiger partial charge in [0.15, 0.2) is 18.2 Å². The highest BCUT2D eigenvalue weighted by Gasteiger charge is 2.84. The van der Waals surface area contributed by atoms with Gasteiger partial charge in [-0.1, -0.05) is 34.6 Å². The van der Waals surface area contributed by atoms with Crippen LogP contribution in [0.1, 0.15) is 113 Å². The number of fused-ring (bicyclic) bond motifs is 2. The van der Waals surface area contributed by atoms with Gasteiger partial charge >= 0.3 is 17.9 Å². The standard InChI is InChI=1S/C40H60O13/c1-19(15-22(50-20(2)41)33-36(5,6)53-33)28-30(47)32(48)38(8)24-10-9-23-35(3,4)25(11-12-39(23)18-40(24,39)14-13-37(28,38)7)51-34-31(29(46)21(42)17-49-34)52-27(45)16-26(43)44/h19,21-25,28-29,31-34,42,46,48H,9-18H2,1-8H3,(H,43,44)/t19-,21-,22-,23+,24-,25+,28+,29+,31-,32+,33+,34+,37-,38-,39-,40+/m1/s1. The van der Waals surface area contributed by atoms with Gasteiger partial charge in [-0.25, -0.2) is 0 Å². The molecule has 13 heteroatoms. The first-order valence-electron chi connectivity index (χ1n) is 19.7. The number of ether oxygens (including phenoxy) is 5. The first kappa shape index (κ1) is 39.1. The van der Waals surface area contributed by atoms with E-state index in [-0.39, 0.29) is 70.5 Å². The number of carboxylic acid groups (broad SMARTS) is 1. The fourth-order valence-corrected chi connectivity index (χ4v) is 13.6. The van der Waals surface area contributed by atoms with Crippen LogP contribution in [0.15, 0.2) is 0 Å². The number of aliphatic hydroxyl groups excluding tert-OH is 3. The molecule has 0 unspecified atom stereocenters. The van der Waals surface area contributed by atoms with E-state index in [9.17, 15) is 34.5 Å². The molecular formula is C40H60O13. The fraction of sp³-hybridized carbons (Fsp3) is 0.900. The third kappa shape index (κ3) is 5.67. The number of aliphatic hydroxyl groups is 3. The molecule has 298 valence electrons. The molecule has 5 aliphatic carbocycles. The Morgan fingerprint density at radius 1 is 0.943 bits per heavy atom. The minimum atomic E-state index is -1.50. The summed E-state index contributed by atoms with van der Waals surface area (Å²) in [4.78, 5) is 49.8. The summed E-state index contributed by atoms with van der Waals surface area (Å²) in [6, 6.07) is 0. The number of hydrogen-bond acceptors (Lipinski definition) is 12. The molecule has 16 atom stereocenters. The van der Waals surface area contributed by atoms with Gasteiger partial charge in [-0.2, -0.15) is 0 Å². The zero-order valence-corrected chi connectivity index (χ0v) is 32.5. The molecule has 4 N–H and O–H groups in total. The number of epoxide rings is 1. The molecule has 2 saturated heterocycles. The summed E-state index contributed by atoms with van der Waals surface area (Å²) >= 11 is 0. The van der Waals surface area contributed by atoms with E-state index in [0.29, 0.717) is 12.8 Å². The third-order valence-corrected chi connectivity index (χ3v) is 16.2. The first-order valence-corrected chi connectivity index (χ1v) is 19.7. The molecule has 0 bridgehead atoms.